The van der Waals surface area contributed by atoms with E-state index in [0.717, 1.165) is 5.56 Å². The number of benzene rings is 2. The van der Waals surface area contributed by atoms with Gasteiger partial charge in [0.2, 0.25) is 0 Å². The average molecular weight is 385 g/mol. The summed E-state index contributed by atoms with van der Waals surface area (Å²) in [7, 11) is 0. The van der Waals surface area contributed by atoms with E-state index in [-0.39, 0.29) is 11.4 Å². The summed E-state index contributed by atoms with van der Waals surface area (Å²) in [5.74, 6) is -2.24. The summed E-state index contributed by atoms with van der Waals surface area (Å²) in [6, 6.07) is 14.9. The molecule has 0 amide bonds. The van der Waals surface area contributed by atoms with Crippen molar-refractivity contribution in [2.45, 2.75) is 18.9 Å². The lowest BCUT2D eigenvalue weighted by Gasteiger charge is -2.17. The summed E-state index contributed by atoms with van der Waals surface area (Å²) in [6.07, 6.45) is 0.829. The summed E-state index contributed by atoms with van der Waals surface area (Å²) in [4.78, 5) is 27.6. The van der Waals surface area contributed by atoms with Crippen LogP contribution in [-0.2, 0) is 11.2 Å². The smallest absolute Gasteiger partial charge is 0.339 e. The maximum absolute atomic E-state index is 11.7. The van der Waals surface area contributed by atoms with E-state index in [9.17, 15) is 19.8 Å². The highest BCUT2D eigenvalue weighted by atomic mass is 35.5. The fraction of sp³-hybridized carbons (Fsp3) is 0.150. The normalized spacial score (nSPS) is 11.9. The molecule has 0 saturated carbocycles. The van der Waals surface area contributed by atoms with Gasteiger partial charge in [-0.2, -0.15) is 0 Å². The predicted octanol–water partition coefficient (Wildman–Crippen LogP) is 4.08. The Morgan fingerprint density at radius 3 is 2.48 bits per heavy atom. The van der Waals surface area contributed by atoms with Crippen LogP contribution in [0.5, 0.6) is 0 Å². The number of pyridine rings is 1. The number of halogens is 1. The Bertz CT molecular complexity index is 992. The van der Waals surface area contributed by atoms with E-state index in [0.29, 0.717) is 28.8 Å². The van der Waals surface area contributed by atoms with Crippen molar-refractivity contribution in [3.05, 3.63) is 70.7 Å². The minimum absolute atomic E-state index is 0.0257. The van der Waals surface area contributed by atoms with Crippen LogP contribution in [0.25, 0.3) is 10.9 Å². The molecule has 7 heteroatoms. The number of aromatic nitrogens is 1. The predicted molar refractivity (Wildman–Crippen MR) is 104 cm³/mol. The Labute approximate surface area is 160 Å². The number of hydrogen-bond acceptors (Lipinski definition) is 4. The standard InChI is InChI=1S/C20H17ClN2O4/c21-14-7-9-16-13(10-14)11-15(19(24)25)18(22-16)23-17(20(26)27)8-6-12-4-2-1-3-5-12/h1-5,7,9-11,17H,6,8H2,(H,22,23)(H,24,25)(H,26,27). The number of aromatic carboxylic acids is 1. The van der Waals surface area contributed by atoms with Crippen molar-refractivity contribution in [1.82, 2.24) is 4.98 Å². The van der Waals surface area contributed by atoms with Crippen molar-refractivity contribution in [3.63, 3.8) is 0 Å². The van der Waals surface area contributed by atoms with Gasteiger partial charge >= 0.3 is 11.9 Å². The van der Waals surface area contributed by atoms with E-state index in [1.807, 2.05) is 30.3 Å². The molecule has 0 bridgehead atoms. The molecule has 138 valence electrons. The minimum Gasteiger partial charge on any atom is -0.480 e. The van der Waals surface area contributed by atoms with Gasteiger partial charge in [-0.15, -0.1) is 0 Å². The number of nitrogens with one attached hydrogen (secondary N) is 1. The number of rotatable bonds is 7. The van der Waals surface area contributed by atoms with Gasteiger partial charge in [-0.05, 0) is 42.7 Å². The average Bonchev–Trinajstić information content (AvgIpc) is 2.65. The van der Waals surface area contributed by atoms with E-state index in [1.165, 1.54) is 6.07 Å². The number of carboxylic acids is 2. The summed E-state index contributed by atoms with van der Waals surface area (Å²) < 4.78 is 0. The number of aryl methyl sites for hydroxylation is 1. The molecule has 27 heavy (non-hydrogen) atoms. The molecule has 3 N–H and O–H groups in total. The number of carbonyl (C=O) groups is 2. The number of fused-ring (bicyclic) bond motifs is 1. The molecule has 1 unspecified atom stereocenters. The van der Waals surface area contributed by atoms with Crippen LogP contribution in [0.15, 0.2) is 54.6 Å². The van der Waals surface area contributed by atoms with Crippen LogP contribution >= 0.6 is 11.6 Å². The first-order valence-corrected chi connectivity index (χ1v) is 8.68. The summed E-state index contributed by atoms with van der Waals surface area (Å²) in [6.45, 7) is 0. The number of carboxylic acid groups (broad SMARTS) is 2. The topological polar surface area (TPSA) is 99.5 Å². The largest absolute Gasteiger partial charge is 0.480 e. The second-order valence-electron chi connectivity index (χ2n) is 6.09. The van der Waals surface area contributed by atoms with E-state index in [2.05, 4.69) is 10.3 Å². The molecule has 0 radical (unpaired) electrons. The Morgan fingerprint density at radius 2 is 1.81 bits per heavy atom. The first-order valence-electron chi connectivity index (χ1n) is 8.31. The summed E-state index contributed by atoms with van der Waals surface area (Å²) in [5, 5.41) is 22.8. The van der Waals surface area contributed by atoms with Gasteiger partial charge in [-0.3, -0.25) is 0 Å². The van der Waals surface area contributed by atoms with E-state index in [4.69, 9.17) is 11.6 Å². The first-order chi connectivity index (χ1) is 12.9. The molecule has 0 saturated heterocycles. The second kappa shape index (κ2) is 8.05. The van der Waals surface area contributed by atoms with Gasteiger partial charge in [-0.25, -0.2) is 14.6 Å². The molecular formula is C20H17ClN2O4. The van der Waals surface area contributed by atoms with Gasteiger partial charge in [0.05, 0.1) is 5.52 Å². The lowest BCUT2D eigenvalue weighted by Crippen LogP contribution is -2.31. The fourth-order valence-electron chi connectivity index (χ4n) is 2.80. The van der Waals surface area contributed by atoms with Crippen molar-refractivity contribution < 1.29 is 19.8 Å². The molecular weight excluding hydrogens is 368 g/mol. The van der Waals surface area contributed by atoms with Gasteiger partial charge in [0, 0.05) is 10.4 Å². The number of hydrogen-bond donors (Lipinski definition) is 3. The SMILES string of the molecule is O=C(O)c1cc2cc(Cl)ccc2nc1NC(CCc1ccccc1)C(=O)O. The van der Waals surface area contributed by atoms with Gasteiger partial charge in [0.25, 0.3) is 0 Å². The van der Waals surface area contributed by atoms with Crippen LogP contribution in [0, 0.1) is 0 Å². The van der Waals surface area contributed by atoms with Crippen LogP contribution < -0.4 is 5.32 Å². The monoisotopic (exact) mass is 384 g/mol. The molecule has 2 aromatic carbocycles. The Balaban J connectivity index is 1.89. The third-order valence-corrected chi connectivity index (χ3v) is 4.42. The highest BCUT2D eigenvalue weighted by Gasteiger charge is 2.22. The first kappa shape index (κ1) is 18.7. The third kappa shape index (κ3) is 4.54. The highest BCUT2D eigenvalue weighted by Crippen LogP contribution is 2.24. The minimum atomic E-state index is -1.20. The van der Waals surface area contributed by atoms with Crippen molar-refractivity contribution in [2.24, 2.45) is 0 Å². The Hall–Kier alpha value is -3.12. The van der Waals surface area contributed by atoms with Crippen LogP contribution in [0.1, 0.15) is 22.3 Å². The molecule has 0 aliphatic carbocycles. The van der Waals surface area contributed by atoms with Crippen molar-refractivity contribution in [3.8, 4) is 0 Å². The zero-order chi connectivity index (χ0) is 19.4. The van der Waals surface area contributed by atoms with E-state index in [1.54, 1.807) is 18.2 Å². The Morgan fingerprint density at radius 1 is 1.07 bits per heavy atom. The molecule has 0 fully saturated rings. The van der Waals surface area contributed by atoms with Gasteiger partial charge in [0.1, 0.15) is 17.4 Å². The zero-order valence-electron chi connectivity index (χ0n) is 14.2. The van der Waals surface area contributed by atoms with Crippen molar-refractivity contribution in [1.29, 1.82) is 0 Å². The lowest BCUT2D eigenvalue weighted by atomic mass is 10.0. The second-order valence-corrected chi connectivity index (χ2v) is 6.52. The number of anilines is 1. The number of aliphatic carboxylic acids is 1. The zero-order valence-corrected chi connectivity index (χ0v) is 15.0. The van der Waals surface area contributed by atoms with E-state index >= 15 is 0 Å². The summed E-state index contributed by atoms with van der Waals surface area (Å²) >= 11 is 5.95. The third-order valence-electron chi connectivity index (χ3n) is 4.18. The molecule has 1 heterocycles. The summed E-state index contributed by atoms with van der Waals surface area (Å²) in [5.41, 5.74) is 1.43. The van der Waals surface area contributed by atoms with Gasteiger partial charge < -0.3 is 15.5 Å². The maximum Gasteiger partial charge on any atom is 0.339 e. The number of nitrogens with zero attached hydrogens (tertiary/aromatic N) is 1. The van der Waals surface area contributed by atoms with Crippen molar-refractivity contribution >= 4 is 40.3 Å². The van der Waals surface area contributed by atoms with Gasteiger partial charge in [0.15, 0.2) is 0 Å². The molecule has 6 nitrogen and oxygen atoms in total. The van der Waals surface area contributed by atoms with Crippen LogP contribution in [0.3, 0.4) is 0 Å². The lowest BCUT2D eigenvalue weighted by molar-refractivity contribution is -0.138. The van der Waals surface area contributed by atoms with Gasteiger partial charge in [-0.1, -0.05) is 41.9 Å². The molecule has 1 aromatic heterocycles. The van der Waals surface area contributed by atoms with Crippen LogP contribution in [-0.4, -0.2) is 33.2 Å². The van der Waals surface area contributed by atoms with Crippen LogP contribution in [0.4, 0.5) is 5.82 Å². The fourth-order valence-corrected chi connectivity index (χ4v) is 2.98. The van der Waals surface area contributed by atoms with Crippen LogP contribution in [0.2, 0.25) is 5.02 Å². The molecule has 1 atom stereocenters. The molecule has 3 aromatic rings. The maximum atomic E-state index is 11.7. The highest BCUT2D eigenvalue weighted by molar-refractivity contribution is 6.31. The Kier molecular flexibility index (Phi) is 5.57. The molecule has 0 aliphatic rings. The molecule has 0 spiro atoms. The molecule has 0 aliphatic heterocycles. The molecule has 3 rings (SSSR count). The quantitative estimate of drug-likeness (QED) is 0.567. The van der Waals surface area contributed by atoms with E-state index < -0.39 is 18.0 Å². The van der Waals surface area contributed by atoms with Crippen molar-refractivity contribution in [2.75, 3.05) is 5.32 Å².